The van der Waals surface area contributed by atoms with Gasteiger partial charge >= 0.3 is 18.2 Å². The second kappa shape index (κ2) is 6.32. The highest BCUT2D eigenvalue weighted by molar-refractivity contribution is 5.86. The molecule has 1 aliphatic carbocycles. The molecule has 8 heteroatoms. The number of hydrogen-bond acceptors (Lipinski definition) is 2. The molecule has 0 heterocycles. The number of halogens is 3. The maximum Gasteiger partial charge on any atom is 0.422 e. The third kappa shape index (κ3) is 4.01. The van der Waals surface area contributed by atoms with Crippen molar-refractivity contribution in [3.8, 4) is 0 Å². The minimum absolute atomic E-state index is 0.205. The predicted molar refractivity (Wildman–Crippen MR) is 65.3 cm³/mol. The summed E-state index contributed by atoms with van der Waals surface area (Å²) in [5.74, 6) is -2.14. The van der Waals surface area contributed by atoms with Crippen LogP contribution in [0.1, 0.15) is 45.4 Å². The Bertz CT molecular complexity index is 365. The van der Waals surface area contributed by atoms with E-state index in [1.807, 2.05) is 0 Å². The van der Waals surface area contributed by atoms with Crippen molar-refractivity contribution in [2.75, 3.05) is 0 Å². The predicted octanol–water partition coefficient (Wildman–Crippen LogP) is 2.41. The summed E-state index contributed by atoms with van der Waals surface area (Å²) >= 11 is 0. The van der Waals surface area contributed by atoms with Crippen LogP contribution in [0.4, 0.5) is 18.0 Å². The first-order chi connectivity index (χ1) is 9.17. The molecule has 3 N–H and O–H groups in total. The van der Waals surface area contributed by atoms with E-state index in [0.29, 0.717) is 19.8 Å². The standard InChI is InChI=1S/C12H19F3N2O3/c1-11(9(18)19,12(13,14)15)17-10(20)16-8-6-4-2-3-5-7-8/h8H,2-7H2,1H3,(H,18,19)(H2,16,17,20). The topological polar surface area (TPSA) is 78.4 Å². The van der Waals surface area contributed by atoms with Crippen LogP contribution in [0.15, 0.2) is 0 Å². The largest absolute Gasteiger partial charge is 0.479 e. The van der Waals surface area contributed by atoms with Crippen molar-refractivity contribution < 1.29 is 27.9 Å². The molecule has 0 saturated heterocycles. The van der Waals surface area contributed by atoms with E-state index in [2.05, 4.69) is 5.32 Å². The Morgan fingerprint density at radius 1 is 1.10 bits per heavy atom. The van der Waals surface area contributed by atoms with Gasteiger partial charge in [0.1, 0.15) is 0 Å². The highest BCUT2D eigenvalue weighted by atomic mass is 19.4. The monoisotopic (exact) mass is 296 g/mol. The van der Waals surface area contributed by atoms with E-state index < -0.39 is 23.7 Å². The van der Waals surface area contributed by atoms with Crippen molar-refractivity contribution in [2.45, 2.75) is 63.2 Å². The van der Waals surface area contributed by atoms with Gasteiger partial charge in [-0.1, -0.05) is 25.7 Å². The average Bonchev–Trinajstić information content (AvgIpc) is 2.55. The lowest BCUT2D eigenvalue weighted by molar-refractivity contribution is -0.203. The second-order valence-electron chi connectivity index (χ2n) is 5.21. The van der Waals surface area contributed by atoms with E-state index in [4.69, 9.17) is 5.11 Å². The smallest absolute Gasteiger partial charge is 0.422 e. The first kappa shape index (κ1) is 16.6. The Morgan fingerprint density at radius 2 is 1.60 bits per heavy atom. The molecule has 0 aliphatic heterocycles. The number of amides is 2. The molecule has 1 unspecified atom stereocenters. The SMILES string of the molecule is CC(NC(=O)NC1CCCCCC1)(C(=O)O)C(F)(F)F. The van der Waals surface area contributed by atoms with Crippen LogP contribution in [-0.2, 0) is 4.79 Å². The number of rotatable bonds is 3. The number of carbonyl (C=O) groups excluding carboxylic acids is 1. The van der Waals surface area contributed by atoms with Crippen molar-refractivity contribution in [3.05, 3.63) is 0 Å². The van der Waals surface area contributed by atoms with Gasteiger partial charge in [-0.25, -0.2) is 9.59 Å². The first-order valence-electron chi connectivity index (χ1n) is 6.55. The summed E-state index contributed by atoms with van der Waals surface area (Å²) in [6.07, 6.45) is 0.206. The van der Waals surface area contributed by atoms with Crippen molar-refractivity contribution in [1.82, 2.24) is 10.6 Å². The first-order valence-corrected chi connectivity index (χ1v) is 6.55. The average molecular weight is 296 g/mol. The zero-order chi connectivity index (χ0) is 15.4. The Balaban J connectivity index is 2.65. The molecule has 20 heavy (non-hydrogen) atoms. The fourth-order valence-electron chi connectivity index (χ4n) is 2.12. The minimum atomic E-state index is -5.07. The molecule has 116 valence electrons. The number of urea groups is 1. The maximum absolute atomic E-state index is 12.7. The van der Waals surface area contributed by atoms with Crippen LogP contribution >= 0.6 is 0 Å². The van der Waals surface area contributed by atoms with Gasteiger partial charge in [0.2, 0.25) is 5.54 Å². The summed E-state index contributed by atoms with van der Waals surface area (Å²) in [6.45, 7) is 0.433. The molecule has 0 spiro atoms. The van der Waals surface area contributed by atoms with Crippen molar-refractivity contribution in [1.29, 1.82) is 0 Å². The summed E-state index contributed by atoms with van der Waals surface area (Å²) in [4.78, 5) is 22.4. The van der Waals surface area contributed by atoms with Gasteiger partial charge in [-0.15, -0.1) is 0 Å². The van der Waals surface area contributed by atoms with Gasteiger partial charge in [0.25, 0.3) is 0 Å². The van der Waals surface area contributed by atoms with Gasteiger partial charge in [0.15, 0.2) is 0 Å². The quantitative estimate of drug-likeness (QED) is 0.700. The number of carbonyl (C=O) groups is 2. The molecule has 0 radical (unpaired) electrons. The molecule has 0 aromatic heterocycles. The second-order valence-corrected chi connectivity index (χ2v) is 5.21. The van der Waals surface area contributed by atoms with Gasteiger partial charge in [0, 0.05) is 6.04 Å². The van der Waals surface area contributed by atoms with Crippen LogP contribution in [0.2, 0.25) is 0 Å². The van der Waals surface area contributed by atoms with Crippen LogP contribution in [-0.4, -0.2) is 34.9 Å². The van der Waals surface area contributed by atoms with E-state index in [1.54, 1.807) is 0 Å². The van der Waals surface area contributed by atoms with E-state index in [0.717, 1.165) is 25.7 Å². The van der Waals surface area contributed by atoms with Gasteiger partial charge < -0.3 is 15.7 Å². The Labute approximate surface area is 114 Å². The summed E-state index contributed by atoms with van der Waals surface area (Å²) in [5.41, 5.74) is -3.29. The normalized spacial score (nSPS) is 20.6. The van der Waals surface area contributed by atoms with E-state index in [9.17, 15) is 22.8 Å². The van der Waals surface area contributed by atoms with E-state index >= 15 is 0 Å². The number of alkyl halides is 3. The molecule has 1 saturated carbocycles. The number of hydrogen-bond donors (Lipinski definition) is 3. The fraction of sp³-hybridized carbons (Fsp3) is 0.833. The van der Waals surface area contributed by atoms with Gasteiger partial charge in [-0.05, 0) is 19.8 Å². The maximum atomic E-state index is 12.7. The highest BCUT2D eigenvalue weighted by Gasteiger charge is 2.58. The molecule has 1 fully saturated rings. The van der Waals surface area contributed by atoms with E-state index in [1.165, 1.54) is 5.32 Å². The third-order valence-corrected chi connectivity index (χ3v) is 3.55. The van der Waals surface area contributed by atoms with Crippen LogP contribution in [0.3, 0.4) is 0 Å². The third-order valence-electron chi connectivity index (χ3n) is 3.55. The summed E-state index contributed by atoms with van der Waals surface area (Å²) < 4.78 is 38.2. The molecular formula is C12H19F3N2O3. The van der Waals surface area contributed by atoms with Crippen molar-refractivity contribution >= 4 is 12.0 Å². The van der Waals surface area contributed by atoms with E-state index in [-0.39, 0.29) is 6.04 Å². The van der Waals surface area contributed by atoms with Gasteiger partial charge in [-0.3, -0.25) is 0 Å². The lowest BCUT2D eigenvalue weighted by Gasteiger charge is -2.29. The lowest BCUT2D eigenvalue weighted by atomic mass is 10.0. The summed E-state index contributed by atoms with van der Waals surface area (Å²) in [6, 6.07) is -1.30. The molecule has 1 aliphatic rings. The lowest BCUT2D eigenvalue weighted by Crippen LogP contribution is -2.64. The van der Waals surface area contributed by atoms with Gasteiger partial charge in [-0.2, -0.15) is 13.2 Å². The number of aliphatic carboxylic acids is 1. The van der Waals surface area contributed by atoms with Crippen molar-refractivity contribution in [3.63, 3.8) is 0 Å². The zero-order valence-electron chi connectivity index (χ0n) is 11.2. The number of carboxylic acids is 1. The van der Waals surface area contributed by atoms with Crippen LogP contribution < -0.4 is 10.6 Å². The molecule has 0 bridgehead atoms. The molecule has 5 nitrogen and oxygen atoms in total. The Morgan fingerprint density at radius 3 is 2.00 bits per heavy atom. The van der Waals surface area contributed by atoms with Crippen LogP contribution in [0.25, 0.3) is 0 Å². The minimum Gasteiger partial charge on any atom is -0.479 e. The highest BCUT2D eigenvalue weighted by Crippen LogP contribution is 2.30. The zero-order valence-corrected chi connectivity index (χ0v) is 11.2. The Kier molecular flexibility index (Phi) is 5.24. The molecule has 0 aromatic carbocycles. The summed E-state index contributed by atoms with van der Waals surface area (Å²) in [7, 11) is 0. The number of carboxylic acid groups (broad SMARTS) is 1. The van der Waals surface area contributed by atoms with Gasteiger partial charge in [0.05, 0.1) is 0 Å². The molecule has 2 amide bonds. The van der Waals surface area contributed by atoms with Crippen LogP contribution in [0, 0.1) is 0 Å². The molecule has 1 atom stereocenters. The summed E-state index contributed by atoms with van der Waals surface area (Å²) in [5, 5.41) is 12.7. The van der Waals surface area contributed by atoms with Crippen molar-refractivity contribution in [2.24, 2.45) is 0 Å². The van der Waals surface area contributed by atoms with Crippen LogP contribution in [0.5, 0.6) is 0 Å². The molecule has 0 aromatic rings. The molecular weight excluding hydrogens is 277 g/mol. The fourth-order valence-corrected chi connectivity index (χ4v) is 2.12. The Hall–Kier alpha value is -1.47. The number of nitrogens with one attached hydrogen (secondary N) is 2. The molecule has 1 rings (SSSR count).